The van der Waals surface area contributed by atoms with Crippen LogP contribution < -0.4 is 11.1 Å². The first-order valence-electron chi connectivity index (χ1n) is 13.4. The summed E-state index contributed by atoms with van der Waals surface area (Å²) in [7, 11) is 1.83. The lowest BCUT2D eigenvalue weighted by Gasteiger charge is -2.18. The topological polar surface area (TPSA) is 124 Å². The van der Waals surface area contributed by atoms with Gasteiger partial charge in [-0.25, -0.2) is 9.97 Å². The third-order valence-corrected chi connectivity index (χ3v) is 7.31. The highest BCUT2D eigenvalue weighted by Gasteiger charge is 2.29. The van der Waals surface area contributed by atoms with E-state index in [0.717, 1.165) is 34.4 Å². The molecule has 1 aliphatic heterocycles. The van der Waals surface area contributed by atoms with Crippen LogP contribution in [-0.2, 0) is 13.6 Å². The number of likely N-dealkylation sites (tertiary alicyclic amines) is 1. The van der Waals surface area contributed by atoms with Crippen LogP contribution in [0.2, 0.25) is 0 Å². The highest BCUT2D eigenvalue weighted by atomic mass is 16.2. The van der Waals surface area contributed by atoms with E-state index in [2.05, 4.69) is 32.5 Å². The number of nitrogens with two attached hydrogens (primary N) is 1. The Morgan fingerprint density at radius 3 is 2.63 bits per heavy atom. The molecule has 3 N–H and O–H groups in total. The van der Waals surface area contributed by atoms with Crippen LogP contribution in [0.5, 0.6) is 0 Å². The summed E-state index contributed by atoms with van der Waals surface area (Å²) >= 11 is 0. The van der Waals surface area contributed by atoms with E-state index in [9.17, 15) is 9.59 Å². The number of imidazole rings is 1. The SMILES string of the molecule is Cn1cc(-c2cnc(N)c(C(=O)N[C@@H]3CCN(C(=O)c4cccc(-c5cccc(Cn6ccnc6)c5)c4)C3)c2)cn1. The van der Waals surface area contributed by atoms with Crippen LogP contribution in [0.4, 0.5) is 5.82 Å². The van der Waals surface area contributed by atoms with Gasteiger partial charge in [0.25, 0.3) is 11.8 Å². The fourth-order valence-electron chi connectivity index (χ4n) is 5.17. The number of nitrogen functional groups attached to an aromatic ring is 1. The average Bonchev–Trinajstić information content (AvgIpc) is 3.76. The van der Waals surface area contributed by atoms with Crippen molar-refractivity contribution in [2.75, 3.05) is 18.8 Å². The summed E-state index contributed by atoms with van der Waals surface area (Å²) in [5, 5.41) is 7.22. The number of carbonyl (C=O) groups is 2. The fourth-order valence-corrected chi connectivity index (χ4v) is 5.17. The molecule has 0 spiro atoms. The van der Waals surface area contributed by atoms with Crippen LogP contribution in [0.1, 0.15) is 32.7 Å². The van der Waals surface area contributed by atoms with E-state index in [1.54, 1.807) is 40.6 Å². The summed E-state index contributed by atoms with van der Waals surface area (Å²) in [4.78, 5) is 36.7. The van der Waals surface area contributed by atoms with Gasteiger partial charge in [0, 0.05) is 74.2 Å². The Balaban J connectivity index is 1.12. The van der Waals surface area contributed by atoms with E-state index in [1.165, 1.54) is 0 Å². The van der Waals surface area contributed by atoms with Gasteiger partial charge >= 0.3 is 0 Å². The van der Waals surface area contributed by atoms with Crippen molar-refractivity contribution < 1.29 is 9.59 Å². The maximum atomic E-state index is 13.4. The van der Waals surface area contributed by atoms with Gasteiger partial charge in [-0.1, -0.05) is 30.3 Å². The van der Waals surface area contributed by atoms with E-state index in [1.807, 2.05) is 60.4 Å². The van der Waals surface area contributed by atoms with Gasteiger partial charge in [-0.3, -0.25) is 14.3 Å². The number of nitrogens with one attached hydrogen (secondary N) is 1. The maximum Gasteiger partial charge on any atom is 0.255 e. The van der Waals surface area contributed by atoms with Crippen molar-refractivity contribution >= 4 is 17.6 Å². The van der Waals surface area contributed by atoms with Crippen LogP contribution >= 0.6 is 0 Å². The van der Waals surface area contributed by atoms with Crippen molar-refractivity contribution in [3.8, 4) is 22.3 Å². The summed E-state index contributed by atoms with van der Waals surface area (Å²) in [6, 6.07) is 17.5. The second-order valence-corrected chi connectivity index (χ2v) is 10.3. The van der Waals surface area contributed by atoms with Crippen molar-refractivity contribution in [3.63, 3.8) is 0 Å². The molecule has 0 saturated carbocycles. The molecule has 0 aliphatic carbocycles. The summed E-state index contributed by atoms with van der Waals surface area (Å²) in [6.45, 7) is 1.70. The third kappa shape index (κ3) is 5.72. The predicted molar refractivity (Wildman–Crippen MR) is 156 cm³/mol. The van der Waals surface area contributed by atoms with Crippen LogP contribution in [0.25, 0.3) is 22.3 Å². The van der Waals surface area contributed by atoms with E-state index in [0.29, 0.717) is 30.6 Å². The number of rotatable bonds is 7. The molecule has 0 bridgehead atoms. The van der Waals surface area contributed by atoms with E-state index in [-0.39, 0.29) is 23.7 Å². The van der Waals surface area contributed by atoms with Crippen LogP contribution in [0, 0.1) is 0 Å². The lowest BCUT2D eigenvalue weighted by atomic mass is 10.0. The summed E-state index contributed by atoms with van der Waals surface area (Å²) in [5.41, 5.74) is 11.7. The minimum Gasteiger partial charge on any atom is -0.383 e. The van der Waals surface area contributed by atoms with Gasteiger partial charge in [-0.2, -0.15) is 5.10 Å². The number of hydrogen-bond acceptors (Lipinski definition) is 6. The number of amides is 2. The van der Waals surface area contributed by atoms with Crippen molar-refractivity contribution in [1.82, 2.24) is 34.5 Å². The van der Waals surface area contributed by atoms with Gasteiger partial charge in [-0.15, -0.1) is 0 Å². The fraction of sp³-hybridized carbons (Fsp3) is 0.194. The van der Waals surface area contributed by atoms with Gasteiger partial charge in [0.2, 0.25) is 0 Å². The minimum atomic E-state index is -0.308. The Kier molecular flexibility index (Phi) is 7.03. The normalized spacial score (nSPS) is 14.8. The second-order valence-electron chi connectivity index (χ2n) is 10.3. The smallest absolute Gasteiger partial charge is 0.255 e. The molecule has 1 atom stereocenters. The number of aromatic nitrogens is 5. The van der Waals surface area contributed by atoms with Crippen molar-refractivity contribution in [2.24, 2.45) is 7.05 Å². The van der Waals surface area contributed by atoms with Crippen molar-refractivity contribution in [2.45, 2.75) is 19.0 Å². The Morgan fingerprint density at radius 1 is 1.02 bits per heavy atom. The Morgan fingerprint density at radius 2 is 1.85 bits per heavy atom. The number of aryl methyl sites for hydroxylation is 1. The van der Waals surface area contributed by atoms with Gasteiger partial charge in [0.05, 0.1) is 18.1 Å². The highest BCUT2D eigenvalue weighted by molar-refractivity contribution is 6.00. The zero-order valence-corrected chi connectivity index (χ0v) is 22.6. The van der Waals surface area contributed by atoms with Gasteiger partial charge in [0.15, 0.2) is 0 Å². The largest absolute Gasteiger partial charge is 0.383 e. The van der Waals surface area contributed by atoms with Crippen molar-refractivity contribution in [1.29, 1.82) is 0 Å². The monoisotopic (exact) mass is 546 g/mol. The molecule has 4 heterocycles. The number of hydrogen-bond donors (Lipinski definition) is 2. The first kappa shape index (κ1) is 26.0. The molecule has 2 aromatic carbocycles. The molecular formula is C31H30N8O2. The second kappa shape index (κ2) is 11.1. The van der Waals surface area contributed by atoms with E-state index in [4.69, 9.17) is 5.73 Å². The quantitative estimate of drug-likeness (QED) is 0.321. The molecule has 1 saturated heterocycles. The molecular weight excluding hydrogens is 516 g/mol. The molecule has 10 heteroatoms. The molecule has 0 unspecified atom stereocenters. The standard InChI is InChI=1S/C31H30N8O2/c1-37-18-26(16-35-37)25-14-28(29(32)34-15-25)30(40)36-27-8-10-39(19-27)31(41)24-7-3-6-23(13-24)22-5-2-4-21(12-22)17-38-11-9-33-20-38/h2-7,9,11-16,18,20,27H,8,10,17,19H2,1H3,(H2,32,34)(H,36,40)/t27-/m1/s1. The zero-order chi connectivity index (χ0) is 28.3. The molecule has 206 valence electrons. The summed E-state index contributed by atoms with van der Waals surface area (Å²) < 4.78 is 3.70. The minimum absolute atomic E-state index is 0.0575. The van der Waals surface area contributed by atoms with Crippen LogP contribution in [0.3, 0.4) is 0 Å². The van der Waals surface area contributed by atoms with Crippen molar-refractivity contribution in [3.05, 3.63) is 109 Å². The molecule has 10 nitrogen and oxygen atoms in total. The molecule has 0 radical (unpaired) electrons. The molecule has 5 aromatic rings. The van der Waals surface area contributed by atoms with Gasteiger partial charge in [0.1, 0.15) is 5.82 Å². The Labute approximate surface area is 237 Å². The zero-order valence-electron chi connectivity index (χ0n) is 22.6. The van der Waals surface area contributed by atoms with Crippen LogP contribution in [-0.4, -0.2) is 60.2 Å². The molecule has 2 amide bonds. The lowest BCUT2D eigenvalue weighted by Crippen LogP contribution is -2.38. The summed E-state index contributed by atoms with van der Waals surface area (Å²) in [5.74, 6) is -0.206. The predicted octanol–water partition coefficient (Wildman–Crippen LogP) is 3.62. The highest BCUT2D eigenvalue weighted by Crippen LogP contribution is 2.25. The number of nitrogens with zero attached hydrogens (tertiary/aromatic N) is 6. The first-order valence-corrected chi connectivity index (χ1v) is 13.4. The molecule has 1 aliphatic rings. The Hall–Kier alpha value is -5.25. The molecule has 6 rings (SSSR count). The Bertz CT molecular complexity index is 1710. The number of anilines is 1. The van der Waals surface area contributed by atoms with E-state index >= 15 is 0 Å². The molecule has 41 heavy (non-hydrogen) atoms. The number of pyridine rings is 1. The molecule has 1 fully saturated rings. The van der Waals surface area contributed by atoms with Crippen LogP contribution in [0.15, 0.2) is 91.9 Å². The first-order chi connectivity index (χ1) is 19.9. The third-order valence-electron chi connectivity index (χ3n) is 7.31. The lowest BCUT2D eigenvalue weighted by molar-refractivity contribution is 0.0783. The average molecular weight is 547 g/mol. The van der Waals surface area contributed by atoms with Gasteiger partial charge in [-0.05, 0) is 47.4 Å². The van der Waals surface area contributed by atoms with E-state index < -0.39 is 0 Å². The molecule has 3 aromatic heterocycles. The number of carbonyl (C=O) groups excluding carboxylic acids is 2. The number of benzene rings is 2. The maximum absolute atomic E-state index is 13.4. The van der Waals surface area contributed by atoms with Gasteiger partial charge < -0.3 is 20.5 Å². The summed E-state index contributed by atoms with van der Waals surface area (Å²) in [6.07, 6.45) is 11.3.